The van der Waals surface area contributed by atoms with Crippen LogP contribution in [0.5, 0.6) is 0 Å². The van der Waals surface area contributed by atoms with Crippen LogP contribution in [0.25, 0.3) is 85.6 Å². The molecule has 0 saturated heterocycles. The third kappa shape index (κ3) is 3.38. The zero-order chi connectivity index (χ0) is 26.9. The van der Waals surface area contributed by atoms with Gasteiger partial charge in [0.2, 0.25) is 0 Å². The highest BCUT2D eigenvalue weighted by Crippen LogP contribution is 2.45. The molecule has 0 spiro atoms. The summed E-state index contributed by atoms with van der Waals surface area (Å²) in [6.45, 7) is 0. The average molecular weight is 538 g/mol. The van der Waals surface area contributed by atoms with Crippen LogP contribution in [-0.4, -0.2) is 4.98 Å². The van der Waals surface area contributed by atoms with Crippen LogP contribution in [0.4, 0.5) is 0 Å². The van der Waals surface area contributed by atoms with Crippen LogP contribution in [0, 0.1) is 0 Å². The van der Waals surface area contributed by atoms with Crippen molar-refractivity contribution in [2.45, 2.75) is 0 Å². The molecule has 0 amide bonds. The summed E-state index contributed by atoms with van der Waals surface area (Å²) in [5.74, 6) is 0. The minimum atomic E-state index is 1.10. The first kappa shape index (κ1) is 22.7. The molecule has 0 saturated carbocycles. The van der Waals surface area contributed by atoms with Crippen LogP contribution in [0.3, 0.4) is 0 Å². The number of rotatable bonds is 2. The fourth-order valence-corrected chi connectivity index (χ4v) is 7.72. The van der Waals surface area contributed by atoms with Gasteiger partial charge in [0.05, 0.1) is 0 Å². The highest BCUT2D eigenvalue weighted by Gasteiger charge is 2.18. The molecule has 0 bridgehead atoms. The Balaban J connectivity index is 1.35. The quantitative estimate of drug-likeness (QED) is 0.200. The predicted octanol–water partition coefficient (Wildman–Crippen LogP) is 11.4. The Kier molecular flexibility index (Phi) is 4.84. The van der Waals surface area contributed by atoms with Gasteiger partial charge < -0.3 is 0 Å². The van der Waals surface area contributed by atoms with Crippen molar-refractivity contribution in [3.8, 4) is 22.3 Å². The van der Waals surface area contributed by atoms with E-state index < -0.39 is 0 Å². The van der Waals surface area contributed by atoms with Gasteiger partial charge in [-0.2, -0.15) is 0 Å². The van der Waals surface area contributed by atoms with Gasteiger partial charge in [-0.15, -0.1) is 11.3 Å². The first-order chi connectivity index (χ1) is 20.3. The standard InChI is InChI=1S/C39H23NS/c1-2-10-25-21-26(18-17-24(25)9-1)36-30-11-3-5-13-32(30)37(33-14-6-4-12-31(33)36)27-19-20-29-28(22-27)23-40-39-38(29)34-15-7-8-16-35(34)41-39/h1-23H. The summed E-state index contributed by atoms with van der Waals surface area (Å²) in [6.07, 6.45) is 2.05. The molecule has 7 aromatic carbocycles. The lowest BCUT2D eigenvalue weighted by Gasteiger charge is -2.18. The Morgan fingerprint density at radius 2 is 0.951 bits per heavy atom. The van der Waals surface area contributed by atoms with E-state index in [1.165, 1.54) is 80.8 Å². The van der Waals surface area contributed by atoms with E-state index in [4.69, 9.17) is 4.98 Å². The third-order valence-corrected chi connectivity index (χ3v) is 9.56. The highest BCUT2D eigenvalue weighted by atomic mass is 32.1. The van der Waals surface area contributed by atoms with Gasteiger partial charge in [0.15, 0.2) is 0 Å². The normalized spacial score (nSPS) is 11.9. The van der Waals surface area contributed by atoms with E-state index in [0.717, 1.165) is 4.83 Å². The van der Waals surface area contributed by atoms with Crippen molar-refractivity contribution >= 4 is 74.7 Å². The monoisotopic (exact) mass is 537 g/mol. The molecule has 0 radical (unpaired) electrons. The minimum Gasteiger partial charge on any atom is -0.245 e. The summed E-state index contributed by atoms with van der Waals surface area (Å²) in [5, 5.41) is 12.6. The van der Waals surface area contributed by atoms with E-state index >= 15 is 0 Å². The molecule has 0 aliphatic rings. The van der Waals surface area contributed by atoms with Crippen molar-refractivity contribution in [3.63, 3.8) is 0 Å². The Hall–Kier alpha value is -5.05. The van der Waals surface area contributed by atoms with Gasteiger partial charge in [0.25, 0.3) is 0 Å². The van der Waals surface area contributed by atoms with E-state index in [1.54, 1.807) is 11.3 Å². The van der Waals surface area contributed by atoms with Crippen molar-refractivity contribution in [1.29, 1.82) is 0 Å². The van der Waals surface area contributed by atoms with E-state index in [-0.39, 0.29) is 0 Å². The Morgan fingerprint density at radius 1 is 0.415 bits per heavy atom. The van der Waals surface area contributed by atoms with Gasteiger partial charge in [-0.25, -0.2) is 4.98 Å². The van der Waals surface area contributed by atoms with Crippen molar-refractivity contribution in [2.75, 3.05) is 0 Å². The minimum absolute atomic E-state index is 1.10. The second-order valence-corrected chi connectivity index (χ2v) is 11.8. The number of thiophene rings is 1. The maximum atomic E-state index is 4.90. The van der Waals surface area contributed by atoms with Crippen molar-refractivity contribution in [1.82, 2.24) is 4.98 Å². The molecule has 9 rings (SSSR count). The maximum Gasteiger partial charge on any atom is 0.125 e. The lowest BCUT2D eigenvalue weighted by atomic mass is 9.85. The number of hydrogen-bond acceptors (Lipinski definition) is 2. The molecule has 0 unspecified atom stereocenters. The number of fused-ring (bicyclic) bond motifs is 8. The van der Waals surface area contributed by atoms with Gasteiger partial charge in [-0.1, -0.05) is 115 Å². The molecule has 2 aromatic heterocycles. The molecular weight excluding hydrogens is 515 g/mol. The predicted molar refractivity (Wildman–Crippen MR) is 178 cm³/mol. The lowest BCUT2D eigenvalue weighted by molar-refractivity contribution is 1.48. The third-order valence-electron chi connectivity index (χ3n) is 8.48. The average Bonchev–Trinajstić information content (AvgIpc) is 3.42. The highest BCUT2D eigenvalue weighted by molar-refractivity contribution is 7.25. The summed E-state index contributed by atoms with van der Waals surface area (Å²) in [6, 6.07) is 48.8. The summed E-state index contributed by atoms with van der Waals surface area (Å²) in [4.78, 5) is 6.00. The summed E-state index contributed by atoms with van der Waals surface area (Å²) in [7, 11) is 0. The smallest absolute Gasteiger partial charge is 0.125 e. The van der Waals surface area contributed by atoms with Crippen LogP contribution in [-0.2, 0) is 0 Å². The summed E-state index contributed by atoms with van der Waals surface area (Å²) in [5.41, 5.74) is 5.03. The number of pyridine rings is 1. The lowest BCUT2D eigenvalue weighted by Crippen LogP contribution is -1.91. The Morgan fingerprint density at radius 3 is 1.63 bits per heavy atom. The molecule has 41 heavy (non-hydrogen) atoms. The molecular formula is C39H23NS. The topological polar surface area (TPSA) is 12.9 Å². The molecule has 0 N–H and O–H groups in total. The molecule has 0 fully saturated rings. The number of nitrogens with zero attached hydrogens (tertiary/aromatic N) is 1. The molecule has 2 heteroatoms. The van der Waals surface area contributed by atoms with Crippen LogP contribution >= 0.6 is 11.3 Å². The van der Waals surface area contributed by atoms with Crippen LogP contribution in [0.15, 0.2) is 140 Å². The van der Waals surface area contributed by atoms with E-state index in [0.29, 0.717) is 0 Å². The summed E-state index contributed by atoms with van der Waals surface area (Å²) < 4.78 is 1.29. The second kappa shape index (κ2) is 8.72. The van der Waals surface area contributed by atoms with E-state index in [2.05, 4.69) is 133 Å². The Bertz CT molecular complexity index is 2430. The SMILES string of the molecule is c1ccc2cc(-c3c4ccccc4c(-c4ccc5c(cnc6sc7ccccc7c65)c4)c4ccccc34)ccc2c1. The van der Waals surface area contributed by atoms with Crippen molar-refractivity contribution in [3.05, 3.63) is 140 Å². The van der Waals surface area contributed by atoms with Crippen LogP contribution in [0.1, 0.15) is 0 Å². The second-order valence-electron chi connectivity index (χ2n) is 10.7. The zero-order valence-corrected chi connectivity index (χ0v) is 23.0. The van der Waals surface area contributed by atoms with Crippen LogP contribution in [0.2, 0.25) is 0 Å². The van der Waals surface area contributed by atoms with E-state index in [9.17, 15) is 0 Å². The molecule has 0 aliphatic heterocycles. The van der Waals surface area contributed by atoms with E-state index in [1.807, 2.05) is 6.20 Å². The fraction of sp³-hybridized carbons (Fsp3) is 0. The van der Waals surface area contributed by atoms with Gasteiger partial charge in [-0.05, 0) is 78.2 Å². The zero-order valence-electron chi connectivity index (χ0n) is 22.1. The molecule has 2 heterocycles. The van der Waals surface area contributed by atoms with Crippen molar-refractivity contribution < 1.29 is 0 Å². The summed E-state index contributed by atoms with van der Waals surface area (Å²) >= 11 is 1.77. The fourth-order valence-electron chi connectivity index (χ4n) is 6.66. The Labute approximate surface area is 240 Å². The van der Waals surface area contributed by atoms with Gasteiger partial charge in [0, 0.05) is 27.1 Å². The molecule has 0 atom stereocenters. The van der Waals surface area contributed by atoms with Gasteiger partial charge in [0.1, 0.15) is 4.83 Å². The molecule has 0 aliphatic carbocycles. The van der Waals surface area contributed by atoms with Gasteiger partial charge >= 0.3 is 0 Å². The van der Waals surface area contributed by atoms with Gasteiger partial charge in [-0.3, -0.25) is 0 Å². The molecule has 190 valence electrons. The molecule has 1 nitrogen and oxygen atoms in total. The first-order valence-electron chi connectivity index (χ1n) is 14.0. The number of aromatic nitrogens is 1. The maximum absolute atomic E-state index is 4.90. The largest absolute Gasteiger partial charge is 0.245 e. The molecule has 9 aromatic rings. The van der Waals surface area contributed by atoms with Crippen LogP contribution < -0.4 is 0 Å². The first-order valence-corrected chi connectivity index (χ1v) is 14.8. The van der Waals surface area contributed by atoms with Crippen molar-refractivity contribution in [2.24, 2.45) is 0 Å². The number of hydrogen-bond donors (Lipinski definition) is 0. The number of benzene rings is 7.